The molecule has 1 aromatic carbocycles. The van der Waals surface area contributed by atoms with Crippen molar-refractivity contribution >= 4 is 10.0 Å². The van der Waals surface area contributed by atoms with Crippen LogP contribution in [0.4, 0.5) is 0 Å². The van der Waals surface area contributed by atoms with Crippen LogP contribution in [0.25, 0.3) is 0 Å². The lowest BCUT2D eigenvalue weighted by Crippen LogP contribution is -2.29. The number of aliphatic hydroxyl groups is 1. The number of nitrogens with zero attached hydrogens (tertiary/aromatic N) is 1. The third-order valence-electron chi connectivity index (χ3n) is 3.10. The molecule has 0 aromatic heterocycles. The van der Waals surface area contributed by atoms with E-state index < -0.39 is 16.1 Å². The molecule has 0 saturated carbocycles. The average Bonchev–Trinajstić information content (AvgIpc) is 2.77. The molecule has 2 rings (SSSR count). The quantitative estimate of drug-likeness (QED) is 0.876. The predicted octanol–water partition coefficient (Wildman–Crippen LogP) is 1.00. The molecule has 4 nitrogen and oxygen atoms in total. The van der Waals surface area contributed by atoms with Crippen molar-refractivity contribution in [1.29, 1.82) is 0 Å². The number of benzene rings is 1. The van der Waals surface area contributed by atoms with E-state index in [1.807, 2.05) is 19.1 Å². The van der Waals surface area contributed by atoms with Gasteiger partial charge in [-0.1, -0.05) is 19.1 Å². The van der Waals surface area contributed by atoms with Crippen molar-refractivity contribution in [1.82, 2.24) is 4.31 Å². The first-order chi connectivity index (χ1) is 8.04. The van der Waals surface area contributed by atoms with Crippen molar-refractivity contribution in [2.75, 3.05) is 13.1 Å². The zero-order valence-electron chi connectivity index (χ0n) is 9.83. The Kier molecular flexibility index (Phi) is 3.51. The molecule has 1 aliphatic heterocycles. The fraction of sp³-hybridized carbons (Fsp3) is 0.500. The van der Waals surface area contributed by atoms with Gasteiger partial charge in [-0.15, -0.1) is 0 Å². The van der Waals surface area contributed by atoms with E-state index in [2.05, 4.69) is 0 Å². The summed E-state index contributed by atoms with van der Waals surface area (Å²) in [6.45, 7) is 2.64. The van der Waals surface area contributed by atoms with Gasteiger partial charge >= 0.3 is 0 Å². The molecule has 0 aliphatic carbocycles. The second-order valence-electron chi connectivity index (χ2n) is 4.30. The van der Waals surface area contributed by atoms with Gasteiger partial charge in [-0.05, 0) is 30.5 Å². The second kappa shape index (κ2) is 4.76. The minimum atomic E-state index is -3.42. The minimum Gasteiger partial charge on any atom is -0.392 e. The van der Waals surface area contributed by atoms with E-state index in [4.69, 9.17) is 0 Å². The first kappa shape index (κ1) is 12.5. The predicted molar refractivity (Wildman–Crippen MR) is 65.2 cm³/mol. The summed E-state index contributed by atoms with van der Waals surface area (Å²) in [6, 6.07) is 6.94. The van der Waals surface area contributed by atoms with E-state index in [0.29, 0.717) is 17.9 Å². The molecular weight excluding hydrogens is 238 g/mol. The van der Waals surface area contributed by atoms with Crippen LogP contribution in [-0.2, 0) is 16.4 Å². The third-order valence-corrected chi connectivity index (χ3v) is 4.97. The van der Waals surface area contributed by atoms with Gasteiger partial charge in [0.05, 0.1) is 11.0 Å². The Bertz CT molecular complexity index is 481. The molecule has 1 aromatic rings. The number of aryl methyl sites for hydroxylation is 1. The third kappa shape index (κ3) is 2.51. The first-order valence-corrected chi connectivity index (χ1v) is 7.25. The Hall–Kier alpha value is -0.910. The Labute approximate surface area is 102 Å². The van der Waals surface area contributed by atoms with Gasteiger partial charge in [0.2, 0.25) is 10.0 Å². The van der Waals surface area contributed by atoms with Crippen LogP contribution in [0, 0.1) is 0 Å². The molecule has 1 fully saturated rings. The summed E-state index contributed by atoms with van der Waals surface area (Å²) in [5.74, 6) is 0. The number of sulfonamides is 1. The van der Waals surface area contributed by atoms with E-state index in [9.17, 15) is 13.5 Å². The van der Waals surface area contributed by atoms with Gasteiger partial charge in [-0.3, -0.25) is 0 Å². The Morgan fingerprint density at radius 1 is 1.35 bits per heavy atom. The molecule has 0 radical (unpaired) electrons. The molecule has 0 unspecified atom stereocenters. The van der Waals surface area contributed by atoms with Crippen molar-refractivity contribution < 1.29 is 13.5 Å². The van der Waals surface area contributed by atoms with Crippen molar-refractivity contribution in [3.63, 3.8) is 0 Å². The minimum absolute atomic E-state index is 0.206. The number of β-amino-alcohol motifs (C(OH)–C–C–N with tert-alkyl or cyclic N) is 1. The van der Waals surface area contributed by atoms with E-state index in [1.54, 1.807) is 12.1 Å². The number of hydrogen-bond acceptors (Lipinski definition) is 3. The first-order valence-electron chi connectivity index (χ1n) is 5.81. The fourth-order valence-electron chi connectivity index (χ4n) is 1.98. The zero-order chi connectivity index (χ0) is 12.5. The number of rotatable bonds is 3. The van der Waals surface area contributed by atoms with Crippen LogP contribution in [0.15, 0.2) is 29.2 Å². The fourth-order valence-corrected chi connectivity index (χ4v) is 3.47. The normalized spacial score (nSPS) is 21.9. The van der Waals surface area contributed by atoms with E-state index >= 15 is 0 Å². The number of aliphatic hydroxyl groups excluding tert-OH is 1. The highest BCUT2D eigenvalue weighted by atomic mass is 32.2. The van der Waals surface area contributed by atoms with Crippen LogP contribution in [-0.4, -0.2) is 37.0 Å². The van der Waals surface area contributed by atoms with Gasteiger partial charge in [-0.2, -0.15) is 4.31 Å². The SMILES string of the molecule is CCc1ccc(S(=O)(=O)N2CC[C@@H](O)C2)cc1. The Morgan fingerprint density at radius 3 is 2.47 bits per heavy atom. The van der Waals surface area contributed by atoms with Crippen LogP contribution >= 0.6 is 0 Å². The maximum absolute atomic E-state index is 12.2. The average molecular weight is 255 g/mol. The van der Waals surface area contributed by atoms with E-state index in [1.165, 1.54) is 4.31 Å². The van der Waals surface area contributed by atoms with Crippen molar-refractivity contribution in [3.05, 3.63) is 29.8 Å². The molecule has 1 heterocycles. The highest BCUT2D eigenvalue weighted by molar-refractivity contribution is 7.89. The van der Waals surface area contributed by atoms with Crippen LogP contribution in [0.5, 0.6) is 0 Å². The summed E-state index contributed by atoms with van der Waals surface area (Å²) >= 11 is 0. The van der Waals surface area contributed by atoms with Crippen molar-refractivity contribution in [3.8, 4) is 0 Å². The van der Waals surface area contributed by atoms with Gasteiger partial charge in [0.15, 0.2) is 0 Å². The van der Waals surface area contributed by atoms with Gasteiger partial charge < -0.3 is 5.11 Å². The van der Waals surface area contributed by atoms with Gasteiger partial charge in [0.1, 0.15) is 0 Å². The molecule has 0 spiro atoms. The lowest BCUT2D eigenvalue weighted by atomic mass is 10.2. The second-order valence-corrected chi connectivity index (χ2v) is 6.24. The number of hydrogen-bond donors (Lipinski definition) is 1. The van der Waals surface area contributed by atoms with Gasteiger partial charge in [-0.25, -0.2) is 8.42 Å². The highest BCUT2D eigenvalue weighted by Gasteiger charge is 2.31. The molecular formula is C12H17NO3S. The smallest absolute Gasteiger partial charge is 0.243 e. The molecule has 5 heteroatoms. The van der Waals surface area contributed by atoms with Crippen LogP contribution in [0.1, 0.15) is 18.9 Å². The molecule has 0 bridgehead atoms. The van der Waals surface area contributed by atoms with Crippen molar-refractivity contribution in [2.24, 2.45) is 0 Å². The van der Waals surface area contributed by atoms with Crippen LogP contribution in [0.2, 0.25) is 0 Å². The molecule has 1 atom stereocenters. The lowest BCUT2D eigenvalue weighted by Gasteiger charge is -2.15. The van der Waals surface area contributed by atoms with Gasteiger partial charge in [0, 0.05) is 13.1 Å². The molecule has 1 N–H and O–H groups in total. The maximum Gasteiger partial charge on any atom is 0.243 e. The zero-order valence-corrected chi connectivity index (χ0v) is 10.7. The summed E-state index contributed by atoms with van der Waals surface area (Å²) in [6.07, 6.45) is 0.884. The molecule has 1 aliphatic rings. The summed E-state index contributed by atoms with van der Waals surface area (Å²) in [7, 11) is -3.42. The largest absolute Gasteiger partial charge is 0.392 e. The topological polar surface area (TPSA) is 57.6 Å². The Morgan fingerprint density at radius 2 is 2.00 bits per heavy atom. The van der Waals surface area contributed by atoms with Crippen molar-refractivity contribution in [2.45, 2.75) is 30.8 Å². The van der Waals surface area contributed by atoms with Crippen LogP contribution < -0.4 is 0 Å². The van der Waals surface area contributed by atoms with E-state index in [-0.39, 0.29) is 6.54 Å². The summed E-state index contributed by atoms with van der Waals surface area (Å²) in [5.41, 5.74) is 1.12. The molecule has 0 amide bonds. The molecule has 17 heavy (non-hydrogen) atoms. The van der Waals surface area contributed by atoms with Gasteiger partial charge in [0.25, 0.3) is 0 Å². The summed E-state index contributed by atoms with van der Waals surface area (Å²) < 4.78 is 25.7. The molecule has 1 saturated heterocycles. The Balaban J connectivity index is 2.25. The maximum atomic E-state index is 12.2. The summed E-state index contributed by atoms with van der Waals surface area (Å²) in [4.78, 5) is 0.309. The monoisotopic (exact) mass is 255 g/mol. The standard InChI is InChI=1S/C12H17NO3S/c1-2-10-3-5-12(6-4-10)17(15,16)13-8-7-11(14)9-13/h3-6,11,14H,2,7-9H2,1H3/t11-/m1/s1. The highest BCUT2D eigenvalue weighted by Crippen LogP contribution is 2.21. The summed E-state index contributed by atoms with van der Waals surface area (Å²) in [5, 5.41) is 9.39. The lowest BCUT2D eigenvalue weighted by molar-refractivity contribution is 0.189. The van der Waals surface area contributed by atoms with E-state index in [0.717, 1.165) is 12.0 Å². The molecule has 94 valence electrons. The van der Waals surface area contributed by atoms with Crippen LogP contribution in [0.3, 0.4) is 0 Å².